The van der Waals surface area contributed by atoms with Gasteiger partial charge in [-0.2, -0.15) is 0 Å². The molecule has 0 aromatic heterocycles. The van der Waals surface area contributed by atoms with Crippen molar-refractivity contribution < 1.29 is 18.9 Å². The van der Waals surface area contributed by atoms with E-state index in [1.807, 2.05) is 31.2 Å². The van der Waals surface area contributed by atoms with E-state index in [-0.39, 0.29) is 12.7 Å². The van der Waals surface area contributed by atoms with Gasteiger partial charge < -0.3 is 24.7 Å². The monoisotopic (exact) mass is 329 g/mol. The summed E-state index contributed by atoms with van der Waals surface area (Å²) >= 11 is 0. The Morgan fingerprint density at radius 2 is 1.92 bits per heavy atom. The second-order valence-corrected chi connectivity index (χ2v) is 5.67. The number of nitrogens with two attached hydrogens (primary N) is 1. The fraction of sp³-hybridized carbons (Fsp3) is 0.368. The zero-order chi connectivity index (χ0) is 16.9. The quantitative estimate of drug-likeness (QED) is 0.845. The molecule has 0 saturated heterocycles. The van der Waals surface area contributed by atoms with Crippen LogP contribution in [-0.2, 0) is 6.42 Å². The normalized spacial score (nSPS) is 13.6. The lowest BCUT2D eigenvalue weighted by molar-refractivity contribution is 0.174. The predicted molar refractivity (Wildman–Crippen MR) is 92.2 cm³/mol. The first-order valence-electron chi connectivity index (χ1n) is 8.14. The standard InChI is InChI=1S/C19H23NO4/c1-3-22-16-6-4-13(9-18(16)21-2)8-15(11-20)14-5-7-17-19(10-14)24-12-23-17/h4-7,9-10,15H,3,8,11-12,20H2,1-2H3. The zero-order valence-electron chi connectivity index (χ0n) is 14.1. The van der Waals surface area contributed by atoms with E-state index in [9.17, 15) is 0 Å². The number of rotatable bonds is 7. The van der Waals surface area contributed by atoms with Gasteiger partial charge in [-0.05, 0) is 55.3 Å². The van der Waals surface area contributed by atoms with Gasteiger partial charge in [0.15, 0.2) is 23.0 Å². The Kier molecular flexibility index (Phi) is 5.11. The number of hydrogen-bond donors (Lipinski definition) is 1. The van der Waals surface area contributed by atoms with E-state index in [1.165, 1.54) is 0 Å². The summed E-state index contributed by atoms with van der Waals surface area (Å²) in [6.07, 6.45) is 0.818. The van der Waals surface area contributed by atoms with E-state index in [0.717, 1.165) is 40.5 Å². The van der Waals surface area contributed by atoms with Crippen molar-refractivity contribution in [3.05, 3.63) is 47.5 Å². The summed E-state index contributed by atoms with van der Waals surface area (Å²) in [7, 11) is 1.65. The van der Waals surface area contributed by atoms with Crippen LogP contribution in [0, 0.1) is 0 Å². The van der Waals surface area contributed by atoms with Gasteiger partial charge >= 0.3 is 0 Å². The molecule has 2 aromatic rings. The van der Waals surface area contributed by atoms with Gasteiger partial charge in [0.25, 0.3) is 0 Å². The molecule has 0 aliphatic carbocycles. The second kappa shape index (κ2) is 7.45. The Balaban J connectivity index is 1.80. The molecule has 2 aromatic carbocycles. The van der Waals surface area contributed by atoms with E-state index in [1.54, 1.807) is 7.11 Å². The fourth-order valence-electron chi connectivity index (χ4n) is 2.90. The van der Waals surface area contributed by atoms with Crippen molar-refractivity contribution in [1.29, 1.82) is 0 Å². The third kappa shape index (κ3) is 3.41. The van der Waals surface area contributed by atoms with Crippen molar-refractivity contribution >= 4 is 0 Å². The first-order chi connectivity index (χ1) is 11.7. The van der Waals surface area contributed by atoms with Crippen LogP contribution in [0.3, 0.4) is 0 Å². The average molecular weight is 329 g/mol. The molecule has 1 heterocycles. The van der Waals surface area contributed by atoms with Crippen LogP contribution in [0.2, 0.25) is 0 Å². The fourth-order valence-corrected chi connectivity index (χ4v) is 2.90. The van der Waals surface area contributed by atoms with Gasteiger partial charge in [-0.25, -0.2) is 0 Å². The number of methoxy groups -OCH3 is 1. The molecule has 5 nitrogen and oxygen atoms in total. The summed E-state index contributed by atoms with van der Waals surface area (Å²) in [5.74, 6) is 3.28. The van der Waals surface area contributed by atoms with Gasteiger partial charge in [-0.1, -0.05) is 12.1 Å². The van der Waals surface area contributed by atoms with Crippen molar-refractivity contribution in [3.8, 4) is 23.0 Å². The van der Waals surface area contributed by atoms with E-state index in [4.69, 9.17) is 24.7 Å². The summed E-state index contributed by atoms with van der Waals surface area (Å²) in [4.78, 5) is 0. The van der Waals surface area contributed by atoms with Crippen molar-refractivity contribution in [3.63, 3.8) is 0 Å². The lowest BCUT2D eigenvalue weighted by Gasteiger charge is -2.17. The molecular weight excluding hydrogens is 306 g/mol. The van der Waals surface area contributed by atoms with Gasteiger partial charge in [0.2, 0.25) is 6.79 Å². The third-order valence-electron chi connectivity index (χ3n) is 4.16. The Morgan fingerprint density at radius 1 is 1.08 bits per heavy atom. The first-order valence-corrected chi connectivity index (χ1v) is 8.14. The molecule has 1 unspecified atom stereocenters. The van der Waals surface area contributed by atoms with E-state index >= 15 is 0 Å². The maximum absolute atomic E-state index is 6.02. The van der Waals surface area contributed by atoms with Crippen LogP contribution in [0.25, 0.3) is 0 Å². The molecule has 0 saturated carbocycles. The van der Waals surface area contributed by atoms with Gasteiger partial charge in [-0.3, -0.25) is 0 Å². The molecule has 1 atom stereocenters. The molecule has 0 spiro atoms. The summed E-state index contributed by atoms with van der Waals surface area (Å²) in [6, 6.07) is 12.0. The summed E-state index contributed by atoms with van der Waals surface area (Å²) in [5, 5.41) is 0. The lowest BCUT2D eigenvalue weighted by Crippen LogP contribution is -2.15. The number of benzene rings is 2. The minimum absolute atomic E-state index is 0.196. The molecule has 0 bridgehead atoms. The van der Waals surface area contributed by atoms with Gasteiger partial charge in [0.05, 0.1) is 13.7 Å². The zero-order valence-corrected chi connectivity index (χ0v) is 14.1. The largest absolute Gasteiger partial charge is 0.493 e. The number of hydrogen-bond acceptors (Lipinski definition) is 5. The highest BCUT2D eigenvalue weighted by Crippen LogP contribution is 2.36. The topological polar surface area (TPSA) is 62.9 Å². The smallest absolute Gasteiger partial charge is 0.231 e. The molecule has 0 fully saturated rings. The minimum atomic E-state index is 0.196. The molecule has 5 heteroatoms. The summed E-state index contributed by atoms with van der Waals surface area (Å²) in [5.41, 5.74) is 8.32. The SMILES string of the molecule is CCOc1ccc(CC(CN)c2ccc3c(c2)OCO3)cc1OC. The molecule has 0 amide bonds. The van der Waals surface area contributed by atoms with Crippen LogP contribution >= 0.6 is 0 Å². The van der Waals surface area contributed by atoms with E-state index in [0.29, 0.717) is 13.2 Å². The molecule has 2 N–H and O–H groups in total. The average Bonchev–Trinajstić information content (AvgIpc) is 3.08. The summed E-state index contributed by atoms with van der Waals surface area (Å²) in [6.45, 7) is 3.40. The minimum Gasteiger partial charge on any atom is -0.493 e. The van der Waals surface area contributed by atoms with Crippen LogP contribution in [0.4, 0.5) is 0 Å². The van der Waals surface area contributed by atoms with E-state index < -0.39 is 0 Å². The van der Waals surface area contributed by atoms with Crippen LogP contribution in [-0.4, -0.2) is 27.1 Å². The second-order valence-electron chi connectivity index (χ2n) is 5.67. The first kappa shape index (κ1) is 16.5. The Labute approximate surface area is 142 Å². The number of ether oxygens (including phenoxy) is 4. The molecule has 1 aliphatic heterocycles. The summed E-state index contributed by atoms with van der Waals surface area (Å²) < 4.78 is 21.8. The van der Waals surface area contributed by atoms with Gasteiger partial charge in [-0.15, -0.1) is 0 Å². The van der Waals surface area contributed by atoms with Gasteiger partial charge in [0.1, 0.15) is 0 Å². The van der Waals surface area contributed by atoms with Crippen LogP contribution in [0.1, 0.15) is 24.0 Å². The molecule has 128 valence electrons. The van der Waals surface area contributed by atoms with Crippen molar-refractivity contribution in [1.82, 2.24) is 0 Å². The molecule has 3 rings (SSSR count). The van der Waals surface area contributed by atoms with Crippen molar-refractivity contribution in [2.75, 3.05) is 27.1 Å². The molecule has 1 aliphatic rings. The highest BCUT2D eigenvalue weighted by molar-refractivity contribution is 5.47. The predicted octanol–water partition coefficient (Wildman–Crippen LogP) is 3.11. The lowest BCUT2D eigenvalue weighted by atomic mass is 9.91. The van der Waals surface area contributed by atoms with Crippen LogP contribution in [0.5, 0.6) is 23.0 Å². The number of fused-ring (bicyclic) bond motifs is 1. The highest BCUT2D eigenvalue weighted by atomic mass is 16.7. The Bertz CT molecular complexity index is 702. The maximum atomic E-state index is 6.02. The van der Waals surface area contributed by atoms with Crippen molar-refractivity contribution in [2.24, 2.45) is 5.73 Å². The Morgan fingerprint density at radius 3 is 2.67 bits per heavy atom. The van der Waals surface area contributed by atoms with Crippen LogP contribution in [0.15, 0.2) is 36.4 Å². The van der Waals surface area contributed by atoms with Crippen molar-refractivity contribution in [2.45, 2.75) is 19.3 Å². The molecule has 0 radical (unpaired) electrons. The van der Waals surface area contributed by atoms with E-state index in [2.05, 4.69) is 12.1 Å². The maximum Gasteiger partial charge on any atom is 0.231 e. The van der Waals surface area contributed by atoms with Gasteiger partial charge in [0, 0.05) is 5.92 Å². The molecular formula is C19H23NO4. The Hall–Kier alpha value is -2.40. The molecule has 24 heavy (non-hydrogen) atoms. The highest BCUT2D eigenvalue weighted by Gasteiger charge is 2.18. The third-order valence-corrected chi connectivity index (χ3v) is 4.16. The van der Waals surface area contributed by atoms with Crippen LogP contribution < -0.4 is 24.7 Å².